The minimum Gasteiger partial charge on any atom is -0.494 e. The normalized spacial score (nSPS) is 12.0. The molecular weight excluding hydrogens is 258 g/mol. The molecule has 0 N–H and O–H groups in total. The Bertz CT molecular complexity index is 458. The Labute approximate surface area is 130 Å². The molecule has 2 nitrogen and oxygen atoms in total. The van der Waals surface area contributed by atoms with Crippen LogP contribution in [0.3, 0.4) is 0 Å². The molecule has 0 aliphatic carbocycles. The average Bonchev–Trinajstić information content (AvgIpc) is 2.48. The lowest BCUT2D eigenvalue weighted by Gasteiger charge is -2.23. The molecule has 0 unspecified atom stereocenters. The van der Waals surface area contributed by atoms with E-state index >= 15 is 0 Å². The number of nitriles is 1. The number of rotatable bonds is 7. The first kappa shape index (κ1) is 17.6. The van der Waals surface area contributed by atoms with Crippen molar-refractivity contribution < 1.29 is 4.74 Å². The van der Waals surface area contributed by atoms with Crippen LogP contribution in [0.5, 0.6) is 5.75 Å². The van der Waals surface area contributed by atoms with Gasteiger partial charge in [0.05, 0.1) is 18.1 Å². The Balaban J connectivity index is 2.45. The number of nitrogens with zero attached hydrogens (tertiary/aromatic N) is 1. The summed E-state index contributed by atoms with van der Waals surface area (Å²) in [6, 6.07) is 10.8. The van der Waals surface area contributed by atoms with E-state index in [1.807, 2.05) is 12.1 Å². The highest BCUT2D eigenvalue weighted by Gasteiger charge is 2.24. The van der Waals surface area contributed by atoms with Gasteiger partial charge in [0.15, 0.2) is 0 Å². The second-order valence-electron chi connectivity index (χ2n) is 6.83. The molecule has 0 aliphatic rings. The largest absolute Gasteiger partial charge is 0.494 e. The molecule has 1 aromatic rings. The lowest BCUT2D eigenvalue weighted by molar-refractivity contribution is 0.259. The van der Waals surface area contributed by atoms with Gasteiger partial charge < -0.3 is 4.74 Å². The molecule has 0 spiro atoms. The fraction of sp³-hybridized carbons (Fsp3) is 0.632. The molecular formula is C19H29NO. The van der Waals surface area contributed by atoms with Gasteiger partial charge >= 0.3 is 0 Å². The average molecular weight is 287 g/mol. The summed E-state index contributed by atoms with van der Waals surface area (Å²) in [7, 11) is 0. The van der Waals surface area contributed by atoms with Crippen molar-refractivity contribution in [2.45, 2.75) is 65.7 Å². The topological polar surface area (TPSA) is 33.0 Å². The molecule has 0 amide bonds. The Kier molecular flexibility index (Phi) is 6.27. The predicted molar refractivity (Wildman–Crippen MR) is 88.5 cm³/mol. The molecule has 0 atom stereocenters. The van der Waals surface area contributed by atoms with Gasteiger partial charge in [0.1, 0.15) is 5.75 Å². The maximum atomic E-state index is 9.31. The lowest BCUT2D eigenvalue weighted by atomic mass is 9.80. The molecule has 2 heteroatoms. The highest BCUT2D eigenvalue weighted by molar-refractivity contribution is 5.31. The van der Waals surface area contributed by atoms with Gasteiger partial charge in [-0.1, -0.05) is 46.8 Å². The SMILES string of the molecule is CCC(C#N)(CC)CCCOc1ccc(C(C)(C)C)cc1. The van der Waals surface area contributed by atoms with Gasteiger partial charge in [-0.15, -0.1) is 0 Å². The van der Waals surface area contributed by atoms with Crippen LogP contribution in [-0.4, -0.2) is 6.61 Å². The second-order valence-corrected chi connectivity index (χ2v) is 6.83. The van der Waals surface area contributed by atoms with Gasteiger partial charge in [0, 0.05) is 0 Å². The smallest absolute Gasteiger partial charge is 0.119 e. The van der Waals surface area contributed by atoms with Crippen molar-refractivity contribution in [1.82, 2.24) is 0 Å². The summed E-state index contributed by atoms with van der Waals surface area (Å²) in [6.45, 7) is 11.5. The quantitative estimate of drug-likeness (QED) is 0.623. The fourth-order valence-electron chi connectivity index (χ4n) is 2.47. The van der Waals surface area contributed by atoms with Gasteiger partial charge in [-0.2, -0.15) is 5.26 Å². The highest BCUT2D eigenvalue weighted by atomic mass is 16.5. The monoisotopic (exact) mass is 287 g/mol. The van der Waals surface area contributed by atoms with Crippen molar-refractivity contribution >= 4 is 0 Å². The summed E-state index contributed by atoms with van der Waals surface area (Å²) in [4.78, 5) is 0. The zero-order valence-electron chi connectivity index (χ0n) is 14.2. The van der Waals surface area contributed by atoms with Gasteiger partial charge in [0.2, 0.25) is 0 Å². The van der Waals surface area contributed by atoms with Gasteiger partial charge in [-0.05, 0) is 48.8 Å². The number of hydrogen-bond acceptors (Lipinski definition) is 2. The van der Waals surface area contributed by atoms with Crippen LogP contribution in [0, 0.1) is 16.7 Å². The van der Waals surface area contributed by atoms with Crippen LogP contribution in [0.2, 0.25) is 0 Å². The van der Waals surface area contributed by atoms with E-state index < -0.39 is 0 Å². The van der Waals surface area contributed by atoms with E-state index in [2.05, 4.69) is 52.8 Å². The predicted octanol–water partition coefficient (Wildman–Crippen LogP) is 5.47. The third kappa shape index (κ3) is 5.08. The summed E-state index contributed by atoms with van der Waals surface area (Å²) >= 11 is 0. The highest BCUT2D eigenvalue weighted by Crippen LogP contribution is 2.31. The molecule has 0 saturated heterocycles. The number of benzene rings is 1. The molecule has 1 rings (SSSR count). The van der Waals surface area contributed by atoms with Crippen LogP contribution >= 0.6 is 0 Å². The minimum absolute atomic E-state index is 0.167. The number of ether oxygens (including phenoxy) is 1. The van der Waals surface area contributed by atoms with Crippen molar-refractivity contribution in [2.75, 3.05) is 6.61 Å². The van der Waals surface area contributed by atoms with Crippen LogP contribution in [0.25, 0.3) is 0 Å². The van der Waals surface area contributed by atoms with Crippen LogP contribution in [0.15, 0.2) is 24.3 Å². The first-order valence-electron chi connectivity index (χ1n) is 8.01. The van der Waals surface area contributed by atoms with Crippen molar-refractivity contribution in [2.24, 2.45) is 5.41 Å². The van der Waals surface area contributed by atoms with Crippen LogP contribution in [-0.2, 0) is 5.41 Å². The van der Waals surface area contributed by atoms with E-state index in [1.165, 1.54) is 5.56 Å². The molecule has 0 bridgehead atoms. The summed E-state index contributed by atoms with van der Waals surface area (Å²) < 4.78 is 5.79. The Morgan fingerprint density at radius 3 is 2.05 bits per heavy atom. The Morgan fingerprint density at radius 2 is 1.62 bits per heavy atom. The second kappa shape index (κ2) is 7.50. The molecule has 0 fully saturated rings. The van der Waals surface area contributed by atoms with E-state index in [1.54, 1.807) is 0 Å². The van der Waals surface area contributed by atoms with Gasteiger partial charge in [-0.3, -0.25) is 0 Å². The molecule has 0 heterocycles. The third-order valence-electron chi connectivity index (χ3n) is 4.38. The van der Waals surface area contributed by atoms with E-state index in [0.29, 0.717) is 6.61 Å². The summed E-state index contributed by atoms with van der Waals surface area (Å²) in [5.74, 6) is 0.915. The zero-order chi connectivity index (χ0) is 15.9. The molecule has 0 radical (unpaired) electrons. The molecule has 0 saturated carbocycles. The van der Waals surface area contributed by atoms with Crippen LogP contribution in [0.4, 0.5) is 0 Å². The summed E-state index contributed by atoms with van der Waals surface area (Å²) in [6.07, 6.45) is 3.67. The maximum absolute atomic E-state index is 9.31. The van der Waals surface area contributed by atoms with E-state index in [0.717, 1.165) is 31.4 Å². The van der Waals surface area contributed by atoms with Crippen molar-refractivity contribution in [3.63, 3.8) is 0 Å². The van der Waals surface area contributed by atoms with Crippen molar-refractivity contribution in [1.29, 1.82) is 5.26 Å². The van der Waals surface area contributed by atoms with Gasteiger partial charge in [-0.25, -0.2) is 0 Å². The van der Waals surface area contributed by atoms with Gasteiger partial charge in [0.25, 0.3) is 0 Å². The third-order valence-corrected chi connectivity index (χ3v) is 4.38. The van der Waals surface area contributed by atoms with Crippen LogP contribution in [0.1, 0.15) is 65.9 Å². The standard InChI is InChI=1S/C19H29NO/c1-6-19(7-2,15-20)13-8-14-21-17-11-9-16(10-12-17)18(3,4)5/h9-12H,6-8,13-14H2,1-5H3. The molecule has 0 aliphatic heterocycles. The summed E-state index contributed by atoms with van der Waals surface area (Å²) in [5.41, 5.74) is 1.32. The molecule has 21 heavy (non-hydrogen) atoms. The first-order chi connectivity index (χ1) is 9.87. The first-order valence-corrected chi connectivity index (χ1v) is 8.01. The number of hydrogen-bond donors (Lipinski definition) is 0. The fourth-order valence-corrected chi connectivity index (χ4v) is 2.47. The van der Waals surface area contributed by atoms with Crippen molar-refractivity contribution in [3.8, 4) is 11.8 Å². The van der Waals surface area contributed by atoms with E-state index in [9.17, 15) is 5.26 Å². The van der Waals surface area contributed by atoms with Crippen LogP contribution < -0.4 is 4.74 Å². The van der Waals surface area contributed by atoms with E-state index in [4.69, 9.17) is 4.74 Å². The van der Waals surface area contributed by atoms with E-state index in [-0.39, 0.29) is 10.8 Å². The maximum Gasteiger partial charge on any atom is 0.119 e. The lowest BCUT2D eigenvalue weighted by Crippen LogP contribution is -2.17. The minimum atomic E-state index is -0.167. The zero-order valence-corrected chi connectivity index (χ0v) is 14.2. The molecule has 116 valence electrons. The Morgan fingerprint density at radius 1 is 1.05 bits per heavy atom. The summed E-state index contributed by atoms with van der Waals surface area (Å²) in [5, 5.41) is 9.31. The molecule has 0 aromatic heterocycles. The van der Waals surface area contributed by atoms with Crippen molar-refractivity contribution in [3.05, 3.63) is 29.8 Å². The Hall–Kier alpha value is -1.49. The molecule has 1 aromatic carbocycles.